The number of rotatable bonds is 4. The van der Waals surface area contributed by atoms with Gasteiger partial charge in [0.15, 0.2) is 0 Å². The molecule has 0 spiro atoms. The summed E-state index contributed by atoms with van der Waals surface area (Å²) in [6.45, 7) is 3.93. The molecule has 0 bridgehead atoms. The van der Waals surface area contributed by atoms with Crippen LogP contribution in [0.15, 0.2) is 12.4 Å². The fraction of sp³-hybridized carbons (Fsp3) is 0.500. The molecule has 0 aliphatic carbocycles. The van der Waals surface area contributed by atoms with Gasteiger partial charge >= 0.3 is 5.97 Å². The van der Waals surface area contributed by atoms with Crippen LogP contribution in [0.25, 0.3) is 10.2 Å². The first-order valence-corrected chi connectivity index (χ1v) is 7.63. The van der Waals surface area contributed by atoms with Gasteiger partial charge in [-0.2, -0.15) is 0 Å². The van der Waals surface area contributed by atoms with Crippen molar-refractivity contribution in [1.82, 2.24) is 9.97 Å². The first-order valence-electron chi connectivity index (χ1n) is 6.81. The average molecular weight is 291 g/mol. The quantitative estimate of drug-likeness (QED) is 0.938. The highest BCUT2D eigenvalue weighted by Gasteiger charge is 2.25. The maximum atomic E-state index is 10.7. The maximum absolute atomic E-state index is 10.7. The van der Waals surface area contributed by atoms with Gasteiger partial charge in [0, 0.05) is 24.4 Å². The minimum Gasteiger partial charge on any atom is -0.481 e. The van der Waals surface area contributed by atoms with E-state index in [-0.39, 0.29) is 6.42 Å². The van der Waals surface area contributed by atoms with Gasteiger partial charge in [-0.05, 0) is 31.7 Å². The fourth-order valence-corrected chi connectivity index (χ4v) is 3.65. The molecule has 1 unspecified atom stereocenters. The van der Waals surface area contributed by atoms with E-state index in [4.69, 9.17) is 5.11 Å². The molecule has 3 heterocycles. The van der Waals surface area contributed by atoms with Crippen LogP contribution in [0.4, 0.5) is 5.82 Å². The van der Waals surface area contributed by atoms with E-state index in [0.29, 0.717) is 5.92 Å². The Morgan fingerprint density at radius 3 is 3.20 bits per heavy atom. The van der Waals surface area contributed by atoms with E-state index < -0.39 is 5.97 Å². The fourth-order valence-electron chi connectivity index (χ4n) is 2.80. The average Bonchev–Trinajstić information content (AvgIpc) is 3.00. The zero-order valence-electron chi connectivity index (χ0n) is 11.4. The van der Waals surface area contributed by atoms with Crippen molar-refractivity contribution in [2.24, 2.45) is 5.92 Å². The minimum absolute atomic E-state index is 0.259. The Balaban J connectivity index is 1.77. The molecule has 1 aliphatic rings. The van der Waals surface area contributed by atoms with Crippen molar-refractivity contribution < 1.29 is 9.90 Å². The van der Waals surface area contributed by atoms with Crippen molar-refractivity contribution in [3.8, 4) is 0 Å². The Hall–Kier alpha value is -1.69. The van der Waals surface area contributed by atoms with Crippen LogP contribution < -0.4 is 4.90 Å². The lowest BCUT2D eigenvalue weighted by atomic mass is 10.0. The molecule has 0 saturated carbocycles. The normalized spacial score (nSPS) is 18.9. The summed E-state index contributed by atoms with van der Waals surface area (Å²) in [6, 6.07) is 2.14. The highest BCUT2D eigenvalue weighted by molar-refractivity contribution is 7.18. The monoisotopic (exact) mass is 291 g/mol. The van der Waals surface area contributed by atoms with E-state index in [0.717, 1.165) is 42.0 Å². The van der Waals surface area contributed by atoms with Crippen molar-refractivity contribution in [2.75, 3.05) is 18.0 Å². The Morgan fingerprint density at radius 2 is 2.40 bits per heavy atom. The highest BCUT2D eigenvalue weighted by Crippen LogP contribution is 2.33. The molecule has 2 aromatic heterocycles. The lowest BCUT2D eigenvalue weighted by Gasteiger charge is -2.17. The third-order valence-corrected chi connectivity index (χ3v) is 4.74. The number of aliphatic carboxylic acids is 1. The third-order valence-electron chi connectivity index (χ3n) is 3.78. The first kappa shape index (κ1) is 13.3. The number of thiophene rings is 1. The molecule has 1 aliphatic heterocycles. The molecule has 1 N–H and O–H groups in total. The molecule has 0 radical (unpaired) electrons. The molecule has 1 saturated heterocycles. The summed E-state index contributed by atoms with van der Waals surface area (Å²) in [5, 5.41) is 9.89. The summed E-state index contributed by atoms with van der Waals surface area (Å²) >= 11 is 1.68. The number of aromatic nitrogens is 2. The van der Waals surface area contributed by atoms with E-state index in [1.165, 1.54) is 4.88 Å². The molecule has 3 rings (SSSR count). The second-order valence-corrected chi connectivity index (χ2v) is 6.54. The molecule has 0 amide bonds. The largest absolute Gasteiger partial charge is 0.481 e. The van der Waals surface area contributed by atoms with Crippen molar-refractivity contribution in [3.05, 3.63) is 17.3 Å². The lowest BCUT2D eigenvalue weighted by Crippen LogP contribution is -2.21. The van der Waals surface area contributed by atoms with Gasteiger partial charge in [0.05, 0.1) is 5.39 Å². The smallest absolute Gasteiger partial charge is 0.303 e. The van der Waals surface area contributed by atoms with Crippen molar-refractivity contribution in [3.63, 3.8) is 0 Å². The number of hydrogen-bond acceptors (Lipinski definition) is 5. The molecule has 2 aromatic rings. The van der Waals surface area contributed by atoms with E-state index in [2.05, 4.69) is 27.9 Å². The predicted molar refractivity (Wildman–Crippen MR) is 79.3 cm³/mol. The van der Waals surface area contributed by atoms with Crippen LogP contribution in [-0.2, 0) is 4.79 Å². The van der Waals surface area contributed by atoms with Gasteiger partial charge in [-0.15, -0.1) is 11.3 Å². The summed E-state index contributed by atoms with van der Waals surface area (Å²) in [5.74, 6) is 0.745. The SMILES string of the molecule is Cc1cc2c(N3CCC(CCC(=O)O)C3)ncnc2s1. The minimum atomic E-state index is -0.707. The van der Waals surface area contributed by atoms with Crippen molar-refractivity contribution >= 4 is 33.3 Å². The van der Waals surface area contributed by atoms with Crippen LogP contribution in [0.5, 0.6) is 0 Å². The molecule has 20 heavy (non-hydrogen) atoms. The maximum Gasteiger partial charge on any atom is 0.303 e. The number of anilines is 1. The van der Waals surface area contributed by atoms with Crippen LogP contribution in [0.3, 0.4) is 0 Å². The first-order chi connectivity index (χ1) is 9.63. The van der Waals surface area contributed by atoms with Crippen LogP contribution in [0.2, 0.25) is 0 Å². The lowest BCUT2D eigenvalue weighted by molar-refractivity contribution is -0.137. The van der Waals surface area contributed by atoms with Gasteiger partial charge in [0.2, 0.25) is 0 Å². The van der Waals surface area contributed by atoms with Crippen molar-refractivity contribution in [1.29, 1.82) is 0 Å². The Kier molecular flexibility index (Phi) is 3.56. The molecular formula is C14H17N3O2S. The second-order valence-electron chi connectivity index (χ2n) is 5.31. The standard InChI is InChI=1S/C14H17N3O2S/c1-9-6-11-13(15-8-16-14(11)20-9)17-5-4-10(7-17)2-3-12(18)19/h6,8,10H,2-5,7H2,1H3,(H,18,19). The number of fused-ring (bicyclic) bond motifs is 1. The van der Waals surface area contributed by atoms with Gasteiger partial charge in [-0.1, -0.05) is 0 Å². The summed E-state index contributed by atoms with van der Waals surface area (Å²) in [7, 11) is 0. The molecule has 5 nitrogen and oxygen atoms in total. The topological polar surface area (TPSA) is 66.3 Å². The number of aryl methyl sites for hydroxylation is 1. The highest BCUT2D eigenvalue weighted by atomic mass is 32.1. The molecule has 1 fully saturated rings. The molecule has 6 heteroatoms. The number of hydrogen-bond donors (Lipinski definition) is 1. The Bertz CT molecular complexity index is 640. The van der Waals surface area contributed by atoms with Gasteiger partial charge in [-0.3, -0.25) is 4.79 Å². The second kappa shape index (κ2) is 5.36. The molecule has 1 atom stereocenters. The van der Waals surface area contributed by atoms with Gasteiger partial charge in [0.25, 0.3) is 0 Å². The summed E-state index contributed by atoms with van der Waals surface area (Å²) in [6.07, 6.45) is 3.68. The summed E-state index contributed by atoms with van der Waals surface area (Å²) in [5.41, 5.74) is 0. The van der Waals surface area contributed by atoms with Crippen LogP contribution in [0, 0.1) is 12.8 Å². The van der Waals surface area contributed by atoms with Crippen LogP contribution >= 0.6 is 11.3 Å². The molecule has 0 aromatic carbocycles. The molecule has 106 valence electrons. The van der Waals surface area contributed by atoms with Crippen molar-refractivity contribution in [2.45, 2.75) is 26.2 Å². The zero-order valence-corrected chi connectivity index (χ0v) is 12.2. The van der Waals surface area contributed by atoms with Crippen LogP contribution in [-0.4, -0.2) is 34.1 Å². The third kappa shape index (κ3) is 2.60. The number of carboxylic acid groups (broad SMARTS) is 1. The van der Waals surface area contributed by atoms with Gasteiger partial charge < -0.3 is 10.0 Å². The van der Waals surface area contributed by atoms with E-state index in [1.807, 2.05) is 0 Å². The number of carbonyl (C=O) groups is 1. The zero-order chi connectivity index (χ0) is 14.1. The number of carboxylic acids is 1. The Morgan fingerprint density at radius 1 is 1.55 bits per heavy atom. The van der Waals surface area contributed by atoms with E-state index in [1.54, 1.807) is 17.7 Å². The van der Waals surface area contributed by atoms with E-state index in [9.17, 15) is 4.79 Å². The summed E-state index contributed by atoms with van der Waals surface area (Å²) < 4.78 is 0. The van der Waals surface area contributed by atoms with E-state index >= 15 is 0 Å². The Labute approximate surface area is 121 Å². The molecular weight excluding hydrogens is 274 g/mol. The summed E-state index contributed by atoms with van der Waals surface area (Å²) in [4.78, 5) is 23.9. The predicted octanol–water partition coefficient (Wildman–Crippen LogP) is 2.69. The van der Waals surface area contributed by atoms with Crippen LogP contribution in [0.1, 0.15) is 24.1 Å². The van der Waals surface area contributed by atoms with Gasteiger partial charge in [0.1, 0.15) is 17.0 Å². The van der Waals surface area contributed by atoms with Gasteiger partial charge in [-0.25, -0.2) is 9.97 Å². The number of nitrogens with zero attached hydrogens (tertiary/aromatic N) is 3.